The summed E-state index contributed by atoms with van der Waals surface area (Å²) in [4.78, 5) is 13.7. The number of nitrogens with two attached hydrogens (primary N) is 1. The maximum atomic E-state index is 12.5. The highest BCUT2D eigenvalue weighted by molar-refractivity contribution is 7.19. The lowest BCUT2D eigenvalue weighted by atomic mass is 9.95. The van der Waals surface area contributed by atoms with Crippen LogP contribution >= 0.6 is 11.3 Å². The minimum Gasteiger partial charge on any atom is -0.349 e. The Morgan fingerprint density at radius 1 is 1.43 bits per heavy atom. The third kappa shape index (κ3) is 2.97. The number of thiophene rings is 1. The van der Waals surface area contributed by atoms with Crippen LogP contribution < -0.4 is 11.1 Å². The monoisotopic (exact) mass is 302 g/mol. The molecule has 0 saturated heterocycles. The van der Waals surface area contributed by atoms with E-state index in [0.29, 0.717) is 12.5 Å². The third-order valence-corrected chi connectivity index (χ3v) is 5.83. The van der Waals surface area contributed by atoms with E-state index >= 15 is 0 Å². The van der Waals surface area contributed by atoms with Crippen molar-refractivity contribution in [3.63, 3.8) is 0 Å². The second-order valence-corrected chi connectivity index (χ2v) is 7.07. The number of hydrogen-bond donors (Lipinski definition) is 2. The molecule has 112 valence electrons. The molecule has 1 aromatic heterocycles. The first-order chi connectivity index (χ1) is 10.2. The summed E-state index contributed by atoms with van der Waals surface area (Å²) in [6, 6.07) is 10.6. The summed E-state index contributed by atoms with van der Waals surface area (Å²) in [5, 5.41) is 4.43. The van der Waals surface area contributed by atoms with Crippen molar-refractivity contribution in [1.82, 2.24) is 5.32 Å². The number of rotatable bonds is 4. The van der Waals surface area contributed by atoms with Crippen molar-refractivity contribution in [2.75, 3.05) is 6.54 Å². The number of hydrogen-bond acceptors (Lipinski definition) is 3. The van der Waals surface area contributed by atoms with Crippen molar-refractivity contribution < 1.29 is 4.79 Å². The van der Waals surface area contributed by atoms with Crippen molar-refractivity contribution >= 4 is 27.3 Å². The standard InChI is InChI=1S/C17H22N2OS/c1-11(16-9-12-5-2-3-8-15(12)21-16)19-17(20)14-7-4-6-13(14)10-18/h2-3,5,8-9,11,13-14H,4,6-7,10,18H2,1H3,(H,19,20)/t11?,13-,14-/m1/s1. The van der Waals surface area contributed by atoms with Gasteiger partial charge in [0.15, 0.2) is 0 Å². The molecule has 4 heteroatoms. The predicted octanol–water partition coefficient (Wildman–Crippen LogP) is 3.45. The summed E-state index contributed by atoms with van der Waals surface area (Å²) in [5.41, 5.74) is 5.78. The van der Waals surface area contributed by atoms with Crippen LogP contribution in [0.2, 0.25) is 0 Å². The molecule has 3 atom stereocenters. The average Bonchev–Trinajstić information content (AvgIpc) is 3.13. The van der Waals surface area contributed by atoms with Crippen molar-refractivity contribution in [3.05, 3.63) is 35.2 Å². The molecule has 1 fully saturated rings. The Hall–Kier alpha value is -1.39. The maximum absolute atomic E-state index is 12.5. The Balaban J connectivity index is 1.70. The molecule has 1 amide bonds. The molecule has 1 heterocycles. The SMILES string of the molecule is CC(NC(=O)[C@@H]1CCC[C@@H]1CN)c1cc2ccccc2s1. The fourth-order valence-corrected chi connectivity index (χ4v) is 4.34. The molecule has 0 aliphatic heterocycles. The lowest BCUT2D eigenvalue weighted by Gasteiger charge is -2.20. The summed E-state index contributed by atoms with van der Waals surface area (Å²) in [6.07, 6.45) is 3.19. The second kappa shape index (κ2) is 6.16. The van der Waals surface area contributed by atoms with E-state index in [1.807, 2.05) is 6.07 Å². The Morgan fingerprint density at radius 3 is 3.00 bits per heavy atom. The van der Waals surface area contributed by atoms with E-state index in [1.165, 1.54) is 15.0 Å². The van der Waals surface area contributed by atoms with Crippen LogP contribution in [0.4, 0.5) is 0 Å². The minimum atomic E-state index is 0.0638. The van der Waals surface area contributed by atoms with Gasteiger partial charge in [0.05, 0.1) is 6.04 Å². The van der Waals surface area contributed by atoms with Crippen LogP contribution in [0.5, 0.6) is 0 Å². The highest BCUT2D eigenvalue weighted by Gasteiger charge is 2.32. The van der Waals surface area contributed by atoms with Gasteiger partial charge in [-0.15, -0.1) is 11.3 Å². The Labute approximate surface area is 129 Å². The molecule has 0 radical (unpaired) electrons. The summed E-state index contributed by atoms with van der Waals surface area (Å²) in [6.45, 7) is 2.68. The smallest absolute Gasteiger partial charge is 0.223 e. The number of carbonyl (C=O) groups excluding carboxylic acids is 1. The van der Waals surface area contributed by atoms with Gasteiger partial charge in [-0.2, -0.15) is 0 Å². The van der Waals surface area contributed by atoms with Gasteiger partial charge < -0.3 is 11.1 Å². The quantitative estimate of drug-likeness (QED) is 0.909. The van der Waals surface area contributed by atoms with Crippen molar-refractivity contribution in [2.24, 2.45) is 17.6 Å². The van der Waals surface area contributed by atoms with E-state index in [-0.39, 0.29) is 17.9 Å². The summed E-state index contributed by atoms with van der Waals surface area (Å²) < 4.78 is 1.27. The van der Waals surface area contributed by atoms with Gasteiger partial charge in [0.25, 0.3) is 0 Å². The van der Waals surface area contributed by atoms with Crippen molar-refractivity contribution in [2.45, 2.75) is 32.2 Å². The number of benzene rings is 1. The fourth-order valence-electron chi connectivity index (χ4n) is 3.27. The maximum Gasteiger partial charge on any atom is 0.223 e. The third-order valence-electron chi connectivity index (χ3n) is 4.53. The molecule has 0 bridgehead atoms. The van der Waals surface area contributed by atoms with Crippen LogP contribution in [-0.4, -0.2) is 12.5 Å². The topological polar surface area (TPSA) is 55.1 Å². The lowest BCUT2D eigenvalue weighted by Crippen LogP contribution is -2.36. The van der Waals surface area contributed by atoms with Gasteiger partial charge in [-0.25, -0.2) is 0 Å². The number of amides is 1. The zero-order chi connectivity index (χ0) is 14.8. The van der Waals surface area contributed by atoms with Crippen molar-refractivity contribution in [1.29, 1.82) is 0 Å². The molecule has 21 heavy (non-hydrogen) atoms. The number of nitrogens with one attached hydrogen (secondary N) is 1. The molecule has 3 nitrogen and oxygen atoms in total. The Kier molecular flexibility index (Phi) is 4.27. The van der Waals surface area contributed by atoms with Crippen LogP contribution in [-0.2, 0) is 4.79 Å². The second-order valence-electron chi connectivity index (χ2n) is 5.95. The van der Waals surface area contributed by atoms with Crippen LogP contribution in [0.3, 0.4) is 0 Å². The molecule has 1 aromatic carbocycles. The van der Waals surface area contributed by atoms with Gasteiger partial charge in [0.2, 0.25) is 5.91 Å². The first kappa shape index (κ1) is 14.5. The molecule has 0 spiro atoms. The zero-order valence-corrected chi connectivity index (χ0v) is 13.2. The zero-order valence-electron chi connectivity index (χ0n) is 12.3. The molecule has 3 rings (SSSR count). The first-order valence-electron chi connectivity index (χ1n) is 7.68. The van der Waals surface area contributed by atoms with E-state index in [9.17, 15) is 4.79 Å². The predicted molar refractivity (Wildman–Crippen MR) is 88.3 cm³/mol. The van der Waals surface area contributed by atoms with Gasteiger partial charge in [0.1, 0.15) is 0 Å². The van der Waals surface area contributed by atoms with Crippen LogP contribution in [0, 0.1) is 11.8 Å². The number of carbonyl (C=O) groups is 1. The molecule has 2 aromatic rings. The van der Waals surface area contributed by atoms with Crippen LogP contribution in [0.25, 0.3) is 10.1 Å². The van der Waals surface area contributed by atoms with Gasteiger partial charge >= 0.3 is 0 Å². The lowest BCUT2D eigenvalue weighted by molar-refractivity contribution is -0.126. The van der Waals surface area contributed by atoms with Gasteiger partial charge in [-0.05, 0) is 49.7 Å². The summed E-state index contributed by atoms with van der Waals surface area (Å²) >= 11 is 1.76. The van der Waals surface area contributed by atoms with Crippen LogP contribution in [0.15, 0.2) is 30.3 Å². The van der Waals surface area contributed by atoms with E-state index < -0.39 is 0 Å². The van der Waals surface area contributed by atoms with E-state index in [2.05, 4.69) is 36.5 Å². The Bertz CT molecular complexity index is 604. The average molecular weight is 302 g/mol. The van der Waals surface area contributed by atoms with E-state index in [4.69, 9.17) is 5.73 Å². The molecule has 1 aliphatic carbocycles. The molecule has 1 unspecified atom stereocenters. The molecule has 1 aliphatic rings. The molecular formula is C17H22N2OS. The highest BCUT2D eigenvalue weighted by atomic mass is 32.1. The van der Waals surface area contributed by atoms with E-state index in [1.54, 1.807) is 11.3 Å². The molecule has 1 saturated carbocycles. The van der Waals surface area contributed by atoms with Gasteiger partial charge in [-0.3, -0.25) is 4.79 Å². The fraction of sp³-hybridized carbons (Fsp3) is 0.471. The van der Waals surface area contributed by atoms with Crippen LogP contribution in [0.1, 0.15) is 37.1 Å². The largest absolute Gasteiger partial charge is 0.349 e. The first-order valence-corrected chi connectivity index (χ1v) is 8.49. The van der Waals surface area contributed by atoms with E-state index in [0.717, 1.165) is 19.3 Å². The highest BCUT2D eigenvalue weighted by Crippen LogP contribution is 2.33. The molecular weight excluding hydrogens is 280 g/mol. The molecule has 3 N–H and O–H groups in total. The number of fused-ring (bicyclic) bond motifs is 1. The normalized spacial score (nSPS) is 23.3. The van der Waals surface area contributed by atoms with Gasteiger partial charge in [-0.1, -0.05) is 24.6 Å². The summed E-state index contributed by atoms with van der Waals surface area (Å²) in [5.74, 6) is 0.638. The minimum absolute atomic E-state index is 0.0638. The summed E-state index contributed by atoms with van der Waals surface area (Å²) in [7, 11) is 0. The Morgan fingerprint density at radius 2 is 2.24 bits per heavy atom. The van der Waals surface area contributed by atoms with Gasteiger partial charge in [0, 0.05) is 15.5 Å². The van der Waals surface area contributed by atoms with Crippen molar-refractivity contribution in [3.8, 4) is 0 Å².